The number of piperazine rings is 1. The fourth-order valence-corrected chi connectivity index (χ4v) is 5.34. The molecule has 2 aliphatic rings. The molecule has 1 aliphatic heterocycles. The molecule has 6 heteroatoms. The highest BCUT2D eigenvalue weighted by molar-refractivity contribution is 6.03. The smallest absolute Gasteiger partial charge is 0.227 e. The molecule has 3 aromatic rings. The lowest BCUT2D eigenvalue weighted by Crippen LogP contribution is -2.48. The molecular formula is C28H33N5O. The maximum atomic E-state index is 12.8. The summed E-state index contributed by atoms with van der Waals surface area (Å²) in [6.45, 7) is 7.79. The van der Waals surface area contributed by atoms with E-state index in [0.717, 1.165) is 44.2 Å². The van der Waals surface area contributed by atoms with E-state index in [1.54, 1.807) is 0 Å². The van der Waals surface area contributed by atoms with Crippen LogP contribution in [0.1, 0.15) is 53.5 Å². The molecule has 1 fully saturated rings. The Balaban J connectivity index is 1.39. The molecular weight excluding hydrogens is 422 g/mol. The number of carbonyl (C=O) groups excluding carboxylic acids is 1. The van der Waals surface area contributed by atoms with E-state index in [1.807, 2.05) is 7.05 Å². The maximum Gasteiger partial charge on any atom is 0.227 e. The van der Waals surface area contributed by atoms with E-state index in [4.69, 9.17) is 9.97 Å². The molecule has 1 saturated heterocycles. The zero-order valence-corrected chi connectivity index (χ0v) is 20.3. The number of benzene rings is 2. The van der Waals surface area contributed by atoms with Crippen molar-refractivity contribution in [3.63, 3.8) is 0 Å². The first-order valence-corrected chi connectivity index (χ1v) is 12.2. The Morgan fingerprint density at radius 3 is 2.00 bits per heavy atom. The minimum atomic E-state index is -0.0714. The van der Waals surface area contributed by atoms with Gasteiger partial charge in [-0.05, 0) is 23.0 Å². The first kappa shape index (κ1) is 22.5. The number of rotatable bonds is 5. The summed E-state index contributed by atoms with van der Waals surface area (Å²) in [6, 6.07) is 21.7. The number of anilines is 2. The Labute approximate surface area is 202 Å². The van der Waals surface area contributed by atoms with Gasteiger partial charge in [-0.15, -0.1) is 0 Å². The highest BCUT2D eigenvalue weighted by Gasteiger charge is 2.35. The van der Waals surface area contributed by atoms with Gasteiger partial charge in [0.25, 0.3) is 0 Å². The van der Waals surface area contributed by atoms with Gasteiger partial charge in [-0.25, -0.2) is 4.98 Å². The van der Waals surface area contributed by atoms with Crippen molar-refractivity contribution in [3.05, 3.63) is 83.0 Å². The van der Waals surface area contributed by atoms with Gasteiger partial charge in [0.2, 0.25) is 5.95 Å². The standard InChI is InChI=1S/C28H33N5O/c1-28(2)18-22-24(23(34)19-28)26(29-3)31-27(30-22)33-16-14-32(15-17-33)25(20-10-6-4-7-11-20)21-12-8-5-9-13-21/h4-13,25H,14-19H2,1-3H3,(H,29,30,31). The van der Waals surface area contributed by atoms with Crippen LogP contribution in [-0.4, -0.2) is 53.9 Å². The van der Waals surface area contributed by atoms with Gasteiger partial charge in [0.15, 0.2) is 5.78 Å². The molecule has 0 amide bonds. The van der Waals surface area contributed by atoms with E-state index in [0.29, 0.717) is 17.8 Å². The number of fused-ring (bicyclic) bond motifs is 1. The molecule has 1 N–H and O–H groups in total. The lowest BCUT2D eigenvalue weighted by Gasteiger charge is -2.40. The van der Waals surface area contributed by atoms with Crippen LogP contribution in [-0.2, 0) is 6.42 Å². The molecule has 176 valence electrons. The van der Waals surface area contributed by atoms with Crippen LogP contribution in [0.25, 0.3) is 0 Å². The summed E-state index contributed by atoms with van der Waals surface area (Å²) >= 11 is 0. The van der Waals surface area contributed by atoms with E-state index >= 15 is 0 Å². The predicted molar refractivity (Wildman–Crippen MR) is 137 cm³/mol. The summed E-state index contributed by atoms with van der Waals surface area (Å²) in [6.07, 6.45) is 1.33. The first-order valence-electron chi connectivity index (χ1n) is 12.2. The second-order valence-corrected chi connectivity index (χ2v) is 10.1. The van der Waals surface area contributed by atoms with Crippen molar-refractivity contribution in [2.24, 2.45) is 5.41 Å². The van der Waals surface area contributed by atoms with Gasteiger partial charge in [0.1, 0.15) is 5.82 Å². The van der Waals surface area contributed by atoms with Gasteiger partial charge >= 0.3 is 0 Å². The van der Waals surface area contributed by atoms with Crippen molar-refractivity contribution < 1.29 is 4.79 Å². The third-order valence-corrected chi connectivity index (χ3v) is 6.97. The number of nitrogens with zero attached hydrogens (tertiary/aromatic N) is 4. The molecule has 0 radical (unpaired) electrons. The third kappa shape index (κ3) is 4.42. The minimum absolute atomic E-state index is 0.0714. The number of aromatic nitrogens is 2. The minimum Gasteiger partial charge on any atom is -0.372 e. The monoisotopic (exact) mass is 455 g/mol. The lowest BCUT2D eigenvalue weighted by atomic mass is 9.76. The van der Waals surface area contributed by atoms with Crippen molar-refractivity contribution in [1.82, 2.24) is 14.9 Å². The Kier molecular flexibility index (Phi) is 6.09. The Hall–Kier alpha value is -3.25. The molecule has 0 saturated carbocycles. The SMILES string of the molecule is CNc1nc(N2CCN(C(c3ccccc3)c3ccccc3)CC2)nc2c1C(=O)CC(C)(C)C2. The Bertz CT molecular complexity index is 1110. The second-order valence-electron chi connectivity index (χ2n) is 10.1. The van der Waals surface area contributed by atoms with Gasteiger partial charge in [0.05, 0.1) is 17.3 Å². The van der Waals surface area contributed by atoms with Crippen molar-refractivity contribution in [2.45, 2.75) is 32.7 Å². The summed E-state index contributed by atoms with van der Waals surface area (Å²) in [5.41, 5.74) is 4.11. The highest BCUT2D eigenvalue weighted by Crippen LogP contribution is 2.37. The van der Waals surface area contributed by atoms with E-state index < -0.39 is 0 Å². The molecule has 1 aliphatic carbocycles. The summed E-state index contributed by atoms with van der Waals surface area (Å²) in [7, 11) is 1.83. The number of hydrogen-bond acceptors (Lipinski definition) is 6. The molecule has 0 atom stereocenters. The van der Waals surface area contributed by atoms with Crippen LogP contribution in [0.4, 0.5) is 11.8 Å². The van der Waals surface area contributed by atoms with E-state index in [-0.39, 0.29) is 17.2 Å². The zero-order valence-electron chi connectivity index (χ0n) is 20.3. The molecule has 34 heavy (non-hydrogen) atoms. The molecule has 0 spiro atoms. The van der Waals surface area contributed by atoms with Gasteiger partial charge in [-0.3, -0.25) is 9.69 Å². The van der Waals surface area contributed by atoms with Gasteiger partial charge in [0, 0.05) is 39.6 Å². The average Bonchev–Trinajstić information content (AvgIpc) is 2.84. The van der Waals surface area contributed by atoms with E-state index in [1.165, 1.54) is 11.1 Å². The predicted octanol–water partition coefficient (Wildman–Crippen LogP) is 4.59. The zero-order chi connectivity index (χ0) is 23.7. The van der Waals surface area contributed by atoms with Crippen LogP contribution >= 0.6 is 0 Å². The fourth-order valence-electron chi connectivity index (χ4n) is 5.34. The van der Waals surface area contributed by atoms with Crippen molar-refractivity contribution in [1.29, 1.82) is 0 Å². The van der Waals surface area contributed by atoms with E-state index in [2.05, 4.69) is 89.6 Å². The molecule has 0 bridgehead atoms. The van der Waals surface area contributed by atoms with Gasteiger partial charge in [-0.1, -0.05) is 74.5 Å². The summed E-state index contributed by atoms with van der Waals surface area (Å²) in [5, 5.41) is 3.15. The maximum absolute atomic E-state index is 12.8. The number of nitrogens with one attached hydrogen (secondary N) is 1. The van der Waals surface area contributed by atoms with Gasteiger partial charge < -0.3 is 10.2 Å². The Morgan fingerprint density at radius 1 is 0.853 bits per heavy atom. The number of Topliss-reactive ketones (excluding diaryl/α,β-unsaturated/α-hetero) is 1. The highest BCUT2D eigenvalue weighted by atomic mass is 16.1. The van der Waals surface area contributed by atoms with Crippen LogP contribution < -0.4 is 10.2 Å². The molecule has 1 aromatic heterocycles. The third-order valence-electron chi connectivity index (χ3n) is 6.97. The summed E-state index contributed by atoms with van der Waals surface area (Å²) in [4.78, 5) is 27.3. The number of carbonyl (C=O) groups is 1. The fraction of sp³-hybridized carbons (Fsp3) is 0.393. The quantitative estimate of drug-likeness (QED) is 0.607. The van der Waals surface area contributed by atoms with E-state index in [9.17, 15) is 4.79 Å². The van der Waals surface area contributed by atoms with Crippen LogP contribution in [0, 0.1) is 5.41 Å². The first-order chi connectivity index (χ1) is 16.4. The molecule has 2 aromatic carbocycles. The number of ketones is 1. The molecule has 2 heterocycles. The van der Waals surface area contributed by atoms with Crippen molar-refractivity contribution in [2.75, 3.05) is 43.4 Å². The second kappa shape index (κ2) is 9.18. The molecule has 0 unspecified atom stereocenters. The van der Waals surface area contributed by atoms with Crippen LogP contribution in [0.15, 0.2) is 60.7 Å². The number of hydrogen-bond donors (Lipinski definition) is 1. The van der Waals surface area contributed by atoms with Crippen LogP contribution in [0.3, 0.4) is 0 Å². The van der Waals surface area contributed by atoms with Crippen LogP contribution in [0.5, 0.6) is 0 Å². The van der Waals surface area contributed by atoms with Crippen molar-refractivity contribution >= 4 is 17.5 Å². The van der Waals surface area contributed by atoms with Crippen LogP contribution in [0.2, 0.25) is 0 Å². The normalized spacial score (nSPS) is 18.1. The Morgan fingerprint density at radius 2 is 1.44 bits per heavy atom. The summed E-state index contributed by atoms with van der Waals surface area (Å²) in [5.74, 6) is 1.53. The van der Waals surface area contributed by atoms with Gasteiger partial charge in [-0.2, -0.15) is 4.98 Å². The summed E-state index contributed by atoms with van der Waals surface area (Å²) < 4.78 is 0. The largest absolute Gasteiger partial charge is 0.372 e. The molecule has 5 rings (SSSR count). The van der Waals surface area contributed by atoms with Crippen molar-refractivity contribution in [3.8, 4) is 0 Å². The topological polar surface area (TPSA) is 61.4 Å². The lowest BCUT2D eigenvalue weighted by molar-refractivity contribution is 0.0911. The average molecular weight is 456 g/mol. The molecule has 6 nitrogen and oxygen atoms in total.